The minimum atomic E-state index is -3.18. The van der Waals surface area contributed by atoms with Crippen LogP contribution in [0.2, 0.25) is 0 Å². The van der Waals surface area contributed by atoms with E-state index in [-0.39, 0.29) is 23.2 Å². The number of halogens is 1. The number of fused-ring (bicyclic) bond motifs is 1. The smallest absolute Gasteiger partial charge is 0.264 e. The highest BCUT2D eigenvalue weighted by Gasteiger charge is 2.37. The van der Waals surface area contributed by atoms with Gasteiger partial charge in [0, 0.05) is 12.6 Å². The highest BCUT2D eigenvalue weighted by atomic mass is 32.2. The van der Waals surface area contributed by atoms with E-state index in [0.29, 0.717) is 25.1 Å². The molecule has 5 nitrogen and oxygen atoms in total. The molecule has 1 aliphatic rings. The van der Waals surface area contributed by atoms with E-state index in [0.717, 1.165) is 16.3 Å². The molecule has 4 rings (SSSR count). The minimum absolute atomic E-state index is 0.0452. The van der Waals surface area contributed by atoms with Crippen molar-refractivity contribution in [2.75, 3.05) is 11.5 Å². The largest absolute Gasteiger partial charge is 0.481 e. The number of nitrogens with zero attached hydrogens (tertiary/aromatic N) is 1. The zero-order valence-corrected chi connectivity index (χ0v) is 18.7. The van der Waals surface area contributed by atoms with Gasteiger partial charge >= 0.3 is 0 Å². The molecule has 1 heterocycles. The standard InChI is InChI=1S/C25H26FNO4S/c1-2-24(31-22-12-10-20(26)11-13-22)25(28)27(21-14-15-32(29,30)17-21)16-19-8-5-7-18-6-3-4-9-23(18)19/h3-13,21,24H,2,14-17H2,1H3/t21-,24-/m1/s1. The van der Waals surface area contributed by atoms with E-state index in [9.17, 15) is 17.6 Å². The molecular formula is C25H26FNO4S. The Labute approximate surface area is 187 Å². The third-order valence-electron chi connectivity index (χ3n) is 5.89. The maximum atomic E-state index is 13.6. The summed E-state index contributed by atoms with van der Waals surface area (Å²) in [4.78, 5) is 15.3. The lowest BCUT2D eigenvalue weighted by atomic mass is 10.0. The number of amides is 1. The first-order valence-electron chi connectivity index (χ1n) is 10.8. The molecule has 3 aromatic rings. The Balaban J connectivity index is 1.65. The predicted molar refractivity (Wildman–Crippen MR) is 123 cm³/mol. The van der Waals surface area contributed by atoms with Gasteiger partial charge in [-0.25, -0.2) is 12.8 Å². The number of rotatable bonds is 7. The molecule has 0 unspecified atom stereocenters. The van der Waals surface area contributed by atoms with Gasteiger partial charge in [0.1, 0.15) is 11.6 Å². The predicted octanol–water partition coefficient (Wildman–Crippen LogP) is 4.35. The van der Waals surface area contributed by atoms with E-state index in [1.807, 2.05) is 49.4 Å². The number of benzene rings is 3. The Bertz CT molecular complexity index is 1200. The zero-order chi connectivity index (χ0) is 22.7. The fraction of sp³-hybridized carbons (Fsp3) is 0.320. The van der Waals surface area contributed by atoms with Crippen LogP contribution >= 0.6 is 0 Å². The third kappa shape index (κ3) is 4.93. The van der Waals surface area contributed by atoms with Crippen LogP contribution in [0.4, 0.5) is 4.39 Å². The van der Waals surface area contributed by atoms with Gasteiger partial charge in [-0.2, -0.15) is 0 Å². The van der Waals surface area contributed by atoms with Gasteiger partial charge in [0.15, 0.2) is 15.9 Å². The van der Waals surface area contributed by atoms with E-state index in [2.05, 4.69) is 0 Å². The van der Waals surface area contributed by atoms with E-state index in [1.54, 1.807) is 4.90 Å². The molecule has 1 fully saturated rings. The molecule has 1 saturated heterocycles. The highest BCUT2D eigenvalue weighted by molar-refractivity contribution is 7.91. The fourth-order valence-electron chi connectivity index (χ4n) is 4.19. The van der Waals surface area contributed by atoms with Crippen LogP contribution in [-0.2, 0) is 21.2 Å². The average molecular weight is 456 g/mol. The van der Waals surface area contributed by atoms with Crippen molar-refractivity contribution in [1.29, 1.82) is 0 Å². The fourth-order valence-corrected chi connectivity index (χ4v) is 5.92. The second kappa shape index (κ2) is 9.28. The van der Waals surface area contributed by atoms with Crippen molar-refractivity contribution in [2.45, 2.75) is 38.5 Å². The topological polar surface area (TPSA) is 63.7 Å². The summed E-state index contributed by atoms with van der Waals surface area (Å²) in [6, 6.07) is 19.0. The highest BCUT2D eigenvalue weighted by Crippen LogP contribution is 2.26. The number of ether oxygens (including phenoxy) is 1. The minimum Gasteiger partial charge on any atom is -0.481 e. The van der Waals surface area contributed by atoms with E-state index in [4.69, 9.17) is 4.74 Å². The van der Waals surface area contributed by atoms with Gasteiger partial charge in [-0.05, 0) is 53.4 Å². The van der Waals surface area contributed by atoms with E-state index < -0.39 is 22.0 Å². The lowest BCUT2D eigenvalue weighted by Gasteiger charge is -2.32. The Kier molecular flexibility index (Phi) is 6.46. The maximum absolute atomic E-state index is 13.6. The Morgan fingerprint density at radius 1 is 1.09 bits per heavy atom. The second-order valence-electron chi connectivity index (χ2n) is 8.13. The molecule has 0 N–H and O–H groups in total. The molecule has 168 valence electrons. The van der Waals surface area contributed by atoms with Gasteiger partial charge in [-0.15, -0.1) is 0 Å². The van der Waals surface area contributed by atoms with Crippen molar-refractivity contribution in [2.24, 2.45) is 0 Å². The van der Waals surface area contributed by atoms with Crippen molar-refractivity contribution in [1.82, 2.24) is 4.90 Å². The molecule has 0 aromatic heterocycles. The molecule has 7 heteroatoms. The summed E-state index contributed by atoms with van der Waals surface area (Å²) < 4.78 is 43.5. The van der Waals surface area contributed by atoms with Gasteiger partial charge in [-0.1, -0.05) is 49.4 Å². The SMILES string of the molecule is CC[C@@H](Oc1ccc(F)cc1)C(=O)N(Cc1cccc2ccccc12)[C@@H]1CCS(=O)(=O)C1. The third-order valence-corrected chi connectivity index (χ3v) is 7.64. The van der Waals surface area contributed by atoms with Gasteiger partial charge in [0.25, 0.3) is 5.91 Å². The normalized spacial score (nSPS) is 18.4. The number of hydrogen-bond acceptors (Lipinski definition) is 4. The maximum Gasteiger partial charge on any atom is 0.264 e. The summed E-state index contributed by atoms with van der Waals surface area (Å²) in [5.74, 6) is -0.212. The molecule has 3 aromatic carbocycles. The molecule has 2 atom stereocenters. The number of carbonyl (C=O) groups is 1. The van der Waals surface area contributed by atoms with Gasteiger partial charge < -0.3 is 9.64 Å². The Morgan fingerprint density at radius 3 is 2.50 bits per heavy atom. The zero-order valence-electron chi connectivity index (χ0n) is 17.9. The summed E-state index contributed by atoms with van der Waals surface area (Å²) in [6.45, 7) is 2.14. The molecule has 0 spiro atoms. The summed E-state index contributed by atoms with van der Waals surface area (Å²) in [6.07, 6.45) is 0.0202. The van der Waals surface area contributed by atoms with Crippen molar-refractivity contribution in [3.05, 3.63) is 78.1 Å². The van der Waals surface area contributed by atoms with Crippen molar-refractivity contribution < 1.29 is 22.3 Å². The van der Waals surface area contributed by atoms with E-state index >= 15 is 0 Å². The molecular weight excluding hydrogens is 429 g/mol. The molecule has 0 saturated carbocycles. The monoisotopic (exact) mass is 455 g/mol. The Hall–Kier alpha value is -2.93. The molecule has 0 bridgehead atoms. The van der Waals surface area contributed by atoms with Crippen molar-refractivity contribution >= 4 is 26.5 Å². The van der Waals surface area contributed by atoms with Crippen LogP contribution in [0.25, 0.3) is 10.8 Å². The summed E-state index contributed by atoms with van der Waals surface area (Å²) in [7, 11) is -3.18. The number of hydrogen-bond donors (Lipinski definition) is 0. The van der Waals surface area contributed by atoms with E-state index in [1.165, 1.54) is 24.3 Å². The summed E-state index contributed by atoms with van der Waals surface area (Å²) >= 11 is 0. The van der Waals surface area contributed by atoms with Crippen LogP contribution < -0.4 is 4.74 Å². The first-order chi connectivity index (χ1) is 15.4. The molecule has 1 amide bonds. The molecule has 1 aliphatic heterocycles. The first-order valence-corrected chi connectivity index (χ1v) is 12.6. The van der Waals surface area contributed by atoms with Crippen LogP contribution in [0, 0.1) is 5.82 Å². The molecule has 32 heavy (non-hydrogen) atoms. The van der Waals surface area contributed by atoms with Crippen molar-refractivity contribution in [3.8, 4) is 5.75 Å². The Morgan fingerprint density at radius 2 is 1.81 bits per heavy atom. The molecule has 0 aliphatic carbocycles. The van der Waals surface area contributed by atoms with Crippen LogP contribution in [0.1, 0.15) is 25.3 Å². The first kappa shape index (κ1) is 22.3. The summed E-state index contributed by atoms with van der Waals surface area (Å²) in [5.41, 5.74) is 0.956. The van der Waals surface area contributed by atoms with Crippen LogP contribution in [-0.4, -0.2) is 42.9 Å². The van der Waals surface area contributed by atoms with Crippen LogP contribution in [0.15, 0.2) is 66.7 Å². The number of sulfone groups is 1. The lowest BCUT2D eigenvalue weighted by Crippen LogP contribution is -2.47. The van der Waals surface area contributed by atoms with Crippen molar-refractivity contribution in [3.63, 3.8) is 0 Å². The lowest BCUT2D eigenvalue weighted by molar-refractivity contribution is -0.141. The average Bonchev–Trinajstić information content (AvgIpc) is 3.16. The molecule has 0 radical (unpaired) electrons. The quantitative estimate of drug-likeness (QED) is 0.531. The summed E-state index contributed by atoms with van der Waals surface area (Å²) in [5, 5.41) is 2.09. The van der Waals surface area contributed by atoms with Crippen LogP contribution in [0.5, 0.6) is 5.75 Å². The number of carbonyl (C=O) groups excluding carboxylic acids is 1. The van der Waals surface area contributed by atoms with Crippen LogP contribution in [0.3, 0.4) is 0 Å². The van der Waals surface area contributed by atoms with Gasteiger partial charge in [0.05, 0.1) is 11.5 Å². The van der Waals surface area contributed by atoms with Gasteiger partial charge in [-0.3, -0.25) is 4.79 Å². The van der Waals surface area contributed by atoms with Gasteiger partial charge in [0.2, 0.25) is 0 Å². The second-order valence-corrected chi connectivity index (χ2v) is 10.4.